The van der Waals surface area contributed by atoms with Crippen LogP contribution < -0.4 is 0 Å². The summed E-state index contributed by atoms with van der Waals surface area (Å²) in [4.78, 5) is 9.94. The summed E-state index contributed by atoms with van der Waals surface area (Å²) in [6.45, 7) is -0.661. The molecule has 1 fully saturated rings. The van der Waals surface area contributed by atoms with Gasteiger partial charge >= 0.3 is 0 Å². The molecule has 0 bridgehead atoms. The second-order valence-corrected chi connectivity index (χ2v) is 4.77. The number of aliphatic hydroxyl groups is 5. The maximum Gasteiger partial charge on any atom is 0.269 e. The van der Waals surface area contributed by atoms with Crippen molar-refractivity contribution in [3.05, 3.63) is 39.9 Å². The van der Waals surface area contributed by atoms with Gasteiger partial charge < -0.3 is 30.3 Å². The lowest BCUT2D eigenvalue weighted by Gasteiger charge is -2.46. The smallest absolute Gasteiger partial charge is 0.269 e. The predicted molar refractivity (Wildman–Crippen MR) is 67.0 cm³/mol. The molecule has 5 atom stereocenters. The molecule has 9 nitrogen and oxygen atoms in total. The van der Waals surface area contributed by atoms with Crippen LogP contribution in [0.2, 0.25) is 0 Å². The zero-order valence-corrected chi connectivity index (χ0v) is 10.7. The minimum absolute atomic E-state index is 0.0662. The molecule has 0 radical (unpaired) electrons. The quantitative estimate of drug-likeness (QED) is 0.324. The van der Waals surface area contributed by atoms with Crippen molar-refractivity contribution in [1.29, 1.82) is 0 Å². The maximum absolute atomic E-state index is 10.6. The van der Waals surface area contributed by atoms with Crippen LogP contribution in [0, 0.1) is 10.1 Å². The average molecular weight is 301 g/mol. The Morgan fingerprint density at radius 1 is 1.24 bits per heavy atom. The summed E-state index contributed by atoms with van der Waals surface area (Å²) in [5.74, 6) is 0. The van der Waals surface area contributed by atoms with E-state index in [2.05, 4.69) is 0 Å². The van der Waals surface area contributed by atoms with Crippen LogP contribution in [0.4, 0.5) is 5.69 Å². The van der Waals surface area contributed by atoms with Crippen LogP contribution in [-0.4, -0.2) is 61.7 Å². The van der Waals surface area contributed by atoms with E-state index in [-0.39, 0.29) is 11.3 Å². The van der Waals surface area contributed by atoms with E-state index in [0.29, 0.717) is 0 Å². The molecule has 9 heteroatoms. The summed E-state index contributed by atoms with van der Waals surface area (Å²) in [7, 11) is 0. The molecular formula is C12H15NO8. The van der Waals surface area contributed by atoms with Crippen LogP contribution in [0.3, 0.4) is 0 Å². The highest BCUT2D eigenvalue weighted by Crippen LogP contribution is 2.37. The molecule has 0 aliphatic carbocycles. The molecule has 2 rings (SSSR count). The Balaban J connectivity index is 2.37. The van der Waals surface area contributed by atoms with Gasteiger partial charge in [-0.25, -0.2) is 0 Å². The number of rotatable bonds is 3. The van der Waals surface area contributed by atoms with Crippen molar-refractivity contribution >= 4 is 5.69 Å². The first-order valence-corrected chi connectivity index (χ1v) is 6.10. The number of nitro benzene ring substituents is 1. The molecule has 1 aliphatic rings. The molecular weight excluding hydrogens is 286 g/mol. The first-order chi connectivity index (χ1) is 9.82. The van der Waals surface area contributed by atoms with Crippen LogP contribution >= 0.6 is 0 Å². The van der Waals surface area contributed by atoms with Gasteiger partial charge in [0.2, 0.25) is 0 Å². The molecule has 5 N–H and O–H groups in total. The van der Waals surface area contributed by atoms with Gasteiger partial charge in [0, 0.05) is 12.1 Å². The Bertz CT molecular complexity index is 520. The van der Waals surface area contributed by atoms with Crippen molar-refractivity contribution in [1.82, 2.24) is 0 Å². The van der Waals surface area contributed by atoms with E-state index in [1.54, 1.807) is 0 Å². The molecule has 1 aromatic carbocycles. The van der Waals surface area contributed by atoms with Crippen molar-refractivity contribution in [2.75, 3.05) is 6.61 Å². The number of hydrogen-bond donors (Lipinski definition) is 5. The molecule has 0 amide bonds. The van der Waals surface area contributed by atoms with Crippen molar-refractivity contribution in [3.63, 3.8) is 0 Å². The standard InChI is InChI=1S/C12H15NO8/c14-5-8-9(15)10(16)12(18,11(17)21-8)6-1-3-7(4-2-6)13(19)20/h1-4,8-11,14-18H,5H2/t8-,9-,10+,11+,12-/m1/s1. The van der Waals surface area contributed by atoms with Crippen molar-refractivity contribution in [2.45, 2.75) is 30.2 Å². The van der Waals surface area contributed by atoms with Crippen LogP contribution in [-0.2, 0) is 10.3 Å². The Labute approximate surface area is 118 Å². The molecule has 1 saturated heterocycles. The third kappa shape index (κ3) is 2.50. The fourth-order valence-corrected chi connectivity index (χ4v) is 2.27. The first-order valence-electron chi connectivity index (χ1n) is 6.10. The van der Waals surface area contributed by atoms with E-state index >= 15 is 0 Å². The zero-order valence-electron chi connectivity index (χ0n) is 10.7. The number of aliphatic hydroxyl groups excluding tert-OH is 4. The average Bonchev–Trinajstić information content (AvgIpc) is 2.48. The number of nitro groups is 1. The topological polar surface area (TPSA) is 154 Å². The zero-order chi connectivity index (χ0) is 15.8. The van der Waals surface area contributed by atoms with Gasteiger partial charge in [0.1, 0.15) is 18.3 Å². The maximum atomic E-state index is 10.6. The Morgan fingerprint density at radius 2 is 1.81 bits per heavy atom. The summed E-state index contributed by atoms with van der Waals surface area (Å²) in [5, 5.41) is 59.7. The van der Waals surface area contributed by atoms with Crippen molar-refractivity contribution in [2.24, 2.45) is 0 Å². The summed E-state index contributed by atoms with van der Waals surface area (Å²) >= 11 is 0. The summed E-state index contributed by atoms with van der Waals surface area (Å²) in [6.07, 6.45) is -6.67. The molecule has 0 saturated carbocycles. The molecule has 1 aromatic rings. The molecule has 0 unspecified atom stereocenters. The van der Waals surface area contributed by atoms with Crippen LogP contribution in [0.25, 0.3) is 0 Å². The Kier molecular flexibility index (Phi) is 4.23. The van der Waals surface area contributed by atoms with Gasteiger partial charge in [-0.1, -0.05) is 0 Å². The van der Waals surface area contributed by atoms with E-state index in [0.717, 1.165) is 24.3 Å². The molecule has 0 spiro atoms. The van der Waals surface area contributed by atoms with Crippen LogP contribution in [0.1, 0.15) is 5.56 Å². The van der Waals surface area contributed by atoms with Crippen LogP contribution in [0.15, 0.2) is 24.3 Å². The minimum atomic E-state index is -2.37. The van der Waals surface area contributed by atoms with E-state index in [1.165, 1.54) is 0 Å². The molecule has 116 valence electrons. The van der Waals surface area contributed by atoms with Crippen LogP contribution in [0.5, 0.6) is 0 Å². The largest absolute Gasteiger partial charge is 0.394 e. The highest BCUT2D eigenvalue weighted by molar-refractivity contribution is 5.37. The Hall–Kier alpha value is -1.62. The van der Waals surface area contributed by atoms with Crippen molar-refractivity contribution in [3.8, 4) is 0 Å². The van der Waals surface area contributed by atoms with Gasteiger partial charge in [0.05, 0.1) is 11.5 Å². The fraction of sp³-hybridized carbons (Fsp3) is 0.500. The van der Waals surface area contributed by atoms with E-state index in [1.807, 2.05) is 0 Å². The first kappa shape index (κ1) is 15.8. The molecule has 0 aromatic heterocycles. The lowest BCUT2D eigenvalue weighted by Crippen LogP contribution is -2.64. The van der Waals surface area contributed by atoms with Gasteiger partial charge in [-0.3, -0.25) is 10.1 Å². The molecule has 21 heavy (non-hydrogen) atoms. The predicted octanol–water partition coefficient (Wildman–Crippen LogP) is -1.79. The highest BCUT2D eigenvalue weighted by atomic mass is 16.6. The van der Waals surface area contributed by atoms with Crippen molar-refractivity contribution < 1.29 is 35.2 Å². The SMILES string of the molecule is O=[N+]([O-])c1ccc([C@]2(O)[C@@H](O)O[C@H](CO)[C@@H](O)[C@@H]2O)cc1. The second kappa shape index (κ2) is 5.64. The third-order valence-electron chi connectivity index (χ3n) is 3.56. The third-order valence-corrected chi connectivity index (χ3v) is 3.56. The number of ether oxygens (including phenoxy) is 1. The van der Waals surface area contributed by atoms with E-state index < -0.39 is 41.7 Å². The van der Waals surface area contributed by atoms with Gasteiger partial charge in [-0.05, 0) is 17.7 Å². The van der Waals surface area contributed by atoms with Gasteiger partial charge in [0.25, 0.3) is 5.69 Å². The number of nitrogens with zero attached hydrogens (tertiary/aromatic N) is 1. The minimum Gasteiger partial charge on any atom is -0.394 e. The van der Waals surface area contributed by atoms with Gasteiger partial charge in [-0.15, -0.1) is 0 Å². The van der Waals surface area contributed by atoms with E-state index in [4.69, 9.17) is 9.84 Å². The summed E-state index contributed by atoms with van der Waals surface area (Å²) < 4.78 is 4.88. The van der Waals surface area contributed by atoms with E-state index in [9.17, 15) is 30.5 Å². The summed E-state index contributed by atoms with van der Waals surface area (Å²) in [6, 6.07) is 4.44. The van der Waals surface area contributed by atoms with Gasteiger partial charge in [0.15, 0.2) is 11.9 Å². The molecule has 1 heterocycles. The van der Waals surface area contributed by atoms with Gasteiger partial charge in [-0.2, -0.15) is 0 Å². The monoisotopic (exact) mass is 301 g/mol. The normalized spacial score (nSPS) is 36.4. The summed E-state index contributed by atoms with van der Waals surface area (Å²) in [5.41, 5.74) is -2.68. The lowest BCUT2D eigenvalue weighted by atomic mass is 9.81. The fourth-order valence-electron chi connectivity index (χ4n) is 2.27. The second-order valence-electron chi connectivity index (χ2n) is 4.77. The molecule has 1 aliphatic heterocycles. The lowest BCUT2D eigenvalue weighted by molar-refractivity contribution is -0.385. The Morgan fingerprint density at radius 3 is 2.29 bits per heavy atom. The number of benzene rings is 1. The number of hydrogen-bond acceptors (Lipinski definition) is 8. The number of non-ortho nitro benzene ring substituents is 1. The highest BCUT2D eigenvalue weighted by Gasteiger charge is 2.55.